The molecule has 5 nitrogen and oxygen atoms in total. The average molecular weight is 220 g/mol. The molecule has 0 spiro atoms. The highest BCUT2D eigenvalue weighted by Crippen LogP contribution is 2.16. The van der Waals surface area contributed by atoms with Gasteiger partial charge in [-0.2, -0.15) is 0 Å². The van der Waals surface area contributed by atoms with Crippen LogP contribution in [0.15, 0.2) is 18.2 Å². The van der Waals surface area contributed by atoms with E-state index in [0.717, 1.165) is 5.69 Å². The highest BCUT2D eigenvalue weighted by Gasteiger charge is 2.16. The predicted molar refractivity (Wildman–Crippen MR) is 57.6 cm³/mol. The summed E-state index contributed by atoms with van der Waals surface area (Å²) in [5.74, 6) is -0.418. The minimum absolute atomic E-state index is 0.0655. The minimum atomic E-state index is -1.02. The summed E-state index contributed by atoms with van der Waals surface area (Å²) in [4.78, 5) is 15.1. The Labute approximate surface area is 92.3 Å². The van der Waals surface area contributed by atoms with E-state index in [1.165, 1.54) is 0 Å². The van der Waals surface area contributed by atoms with Gasteiger partial charge in [0, 0.05) is 12.8 Å². The third-order valence-electron chi connectivity index (χ3n) is 2.40. The van der Waals surface area contributed by atoms with E-state index in [9.17, 15) is 4.79 Å². The van der Waals surface area contributed by atoms with Crippen LogP contribution < -0.4 is 0 Å². The lowest BCUT2D eigenvalue weighted by molar-refractivity contribution is 0.0692. The van der Waals surface area contributed by atoms with Crippen LogP contribution in [0.25, 0.3) is 5.52 Å². The van der Waals surface area contributed by atoms with Gasteiger partial charge >= 0.3 is 5.97 Å². The molecule has 2 heterocycles. The van der Waals surface area contributed by atoms with Gasteiger partial charge in [0.05, 0.1) is 5.52 Å². The summed E-state index contributed by atoms with van der Waals surface area (Å²) in [6.07, 6.45) is 0. The van der Waals surface area contributed by atoms with E-state index in [0.29, 0.717) is 17.9 Å². The molecule has 0 amide bonds. The van der Waals surface area contributed by atoms with Crippen LogP contribution in [0, 0.1) is 6.92 Å². The van der Waals surface area contributed by atoms with Gasteiger partial charge < -0.3 is 9.84 Å². The van der Waals surface area contributed by atoms with Crippen molar-refractivity contribution in [1.29, 1.82) is 0 Å². The molecule has 5 heteroatoms. The van der Waals surface area contributed by atoms with Crippen LogP contribution in [-0.4, -0.2) is 27.6 Å². The zero-order valence-electron chi connectivity index (χ0n) is 9.10. The van der Waals surface area contributed by atoms with E-state index in [2.05, 4.69) is 4.98 Å². The number of imidazole rings is 1. The number of aromatic carboxylic acids is 1. The molecule has 0 saturated heterocycles. The largest absolute Gasteiger partial charge is 0.476 e. The Morgan fingerprint density at radius 3 is 2.94 bits per heavy atom. The molecule has 84 valence electrons. The monoisotopic (exact) mass is 220 g/mol. The zero-order valence-corrected chi connectivity index (χ0v) is 9.10. The number of hydrogen-bond donors (Lipinski definition) is 1. The van der Waals surface area contributed by atoms with Crippen LogP contribution in [0.1, 0.15) is 22.0 Å². The van der Waals surface area contributed by atoms with Crippen molar-refractivity contribution in [3.8, 4) is 0 Å². The molecule has 0 radical (unpaired) electrons. The molecule has 2 aromatic rings. The number of rotatable bonds is 3. The summed E-state index contributed by atoms with van der Waals surface area (Å²) in [5, 5.41) is 9.04. The van der Waals surface area contributed by atoms with Crippen LogP contribution in [-0.2, 0) is 11.3 Å². The fourth-order valence-electron chi connectivity index (χ4n) is 1.76. The fraction of sp³-hybridized carbons (Fsp3) is 0.273. The highest BCUT2D eigenvalue weighted by molar-refractivity contribution is 5.93. The number of carboxylic acid groups (broad SMARTS) is 1. The van der Waals surface area contributed by atoms with Gasteiger partial charge in [0.2, 0.25) is 0 Å². The van der Waals surface area contributed by atoms with Crippen LogP contribution in [0.4, 0.5) is 0 Å². The van der Waals surface area contributed by atoms with Crippen molar-refractivity contribution >= 4 is 11.5 Å². The number of nitrogens with zero attached hydrogens (tertiary/aromatic N) is 2. The molecule has 0 saturated carbocycles. The van der Waals surface area contributed by atoms with Crippen molar-refractivity contribution in [1.82, 2.24) is 9.38 Å². The molecule has 0 aromatic carbocycles. The van der Waals surface area contributed by atoms with Gasteiger partial charge in [-0.15, -0.1) is 0 Å². The van der Waals surface area contributed by atoms with Crippen LogP contribution in [0.5, 0.6) is 0 Å². The number of carbonyl (C=O) groups is 1. The molecule has 0 atom stereocenters. The molecule has 0 aliphatic carbocycles. The number of carboxylic acids is 1. The van der Waals surface area contributed by atoms with Gasteiger partial charge in [-0.25, -0.2) is 9.78 Å². The van der Waals surface area contributed by atoms with Crippen molar-refractivity contribution in [2.24, 2.45) is 0 Å². The number of hydrogen-bond acceptors (Lipinski definition) is 3. The van der Waals surface area contributed by atoms with Gasteiger partial charge in [-0.1, -0.05) is 6.07 Å². The van der Waals surface area contributed by atoms with E-state index >= 15 is 0 Å². The molecule has 2 rings (SSSR count). The predicted octanol–water partition coefficient (Wildman–Crippen LogP) is 1.49. The normalized spacial score (nSPS) is 10.9. The maximum atomic E-state index is 11.0. The minimum Gasteiger partial charge on any atom is -0.476 e. The Morgan fingerprint density at radius 2 is 2.31 bits per heavy atom. The SMILES string of the molecule is COCc1nc(C(=O)O)c2cccc(C)n12. The van der Waals surface area contributed by atoms with Crippen LogP contribution in [0.3, 0.4) is 0 Å². The molecule has 0 aliphatic rings. The van der Waals surface area contributed by atoms with Crippen molar-refractivity contribution in [3.05, 3.63) is 35.4 Å². The average Bonchev–Trinajstić information content (AvgIpc) is 2.59. The number of aryl methyl sites for hydroxylation is 1. The van der Waals surface area contributed by atoms with E-state index in [-0.39, 0.29) is 5.69 Å². The van der Waals surface area contributed by atoms with E-state index in [1.54, 1.807) is 17.6 Å². The number of pyridine rings is 1. The first kappa shape index (κ1) is 10.6. The molecule has 1 N–H and O–H groups in total. The Hall–Kier alpha value is -1.88. The molecule has 16 heavy (non-hydrogen) atoms. The number of fused-ring (bicyclic) bond motifs is 1. The molecule has 2 aromatic heterocycles. The standard InChI is InChI=1S/C11H12N2O3/c1-7-4-3-5-8-10(11(14)15)12-9(6-16-2)13(7)8/h3-5H,6H2,1-2H3,(H,14,15). The van der Waals surface area contributed by atoms with Crippen molar-refractivity contribution < 1.29 is 14.6 Å². The molecule has 0 bridgehead atoms. The third-order valence-corrected chi connectivity index (χ3v) is 2.40. The zero-order chi connectivity index (χ0) is 11.7. The van der Waals surface area contributed by atoms with E-state index in [4.69, 9.17) is 9.84 Å². The van der Waals surface area contributed by atoms with Gasteiger partial charge in [0.1, 0.15) is 12.4 Å². The lowest BCUT2D eigenvalue weighted by Gasteiger charge is -2.03. The Kier molecular flexibility index (Phi) is 2.62. The summed E-state index contributed by atoms with van der Waals surface area (Å²) in [7, 11) is 1.56. The van der Waals surface area contributed by atoms with Crippen molar-refractivity contribution in [3.63, 3.8) is 0 Å². The summed E-state index contributed by atoms with van der Waals surface area (Å²) >= 11 is 0. The highest BCUT2D eigenvalue weighted by atomic mass is 16.5. The summed E-state index contributed by atoms with van der Waals surface area (Å²) in [5.41, 5.74) is 1.60. The first-order valence-corrected chi connectivity index (χ1v) is 4.84. The first-order valence-electron chi connectivity index (χ1n) is 4.84. The first-order chi connectivity index (χ1) is 7.65. The summed E-state index contributed by atoms with van der Waals surface area (Å²) in [6.45, 7) is 2.19. The van der Waals surface area contributed by atoms with Crippen LogP contribution >= 0.6 is 0 Å². The summed E-state index contributed by atoms with van der Waals surface area (Å²) < 4.78 is 6.81. The fourth-order valence-corrected chi connectivity index (χ4v) is 1.76. The van der Waals surface area contributed by atoms with Gasteiger partial charge in [0.25, 0.3) is 0 Å². The summed E-state index contributed by atoms with van der Waals surface area (Å²) in [6, 6.07) is 5.46. The second-order valence-electron chi connectivity index (χ2n) is 3.50. The second-order valence-corrected chi connectivity index (χ2v) is 3.50. The molecule has 0 unspecified atom stereocenters. The Morgan fingerprint density at radius 1 is 1.56 bits per heavy atom. The third kappa shape index (κ3) is 1.55. The van der Waals surface area contributed by atoms with E-state index < -0.39 is 5.97 Å². The Balaban J connectivity index is 2.76. The Bertz CT molecular complexity index is 545. The molecular formula is C11H12N2O3. The quantitative estimate of drug-likeness (QED) is 0.851. The van der Waals surface area contributed by atoms with Gasteiger partial charge in [0.15, 0.2) is 5.69 Å². The van der Waals surface area contributed by atoms with Gasteiger partial charge in [-0.05, 0) is 19.1 Å². The molecule has 0 fully saturated rings. The lowest BCUT2D eigenvalue weighted by atomic mass is 10.3. The maximum absolute atomic E-state index is 11.0. The molecule has 0 aliphatic heterocycles. The van der Waals surface area contributed by atoms with Crippen LogP contribution in [0.2, 0.25) is 0 Å². The topological polar surface area (TPSA) is 63.8 Å². The molecular weight excluding hydrogens is 208 g/mol. The number of methoxy groups -OCH3 is 1. The lowest BCUT2D eigenvalue weighted by Crippen LogP contribution is -1.99. The van der Waals surface area contributed by atoms with Crippen molar-refractivity contribution in [2.75, 3.05) is 7.11 Å². The number of ether oxygens (including phenoxy) is 1. The smallest absolute Gasteiger partial charge is 0.356 e. The van der Waals surface area contributed by atoms with Crippen molar-refractivity contribution in [2.45, 2.75) is 13.5 Å². The van der Waals surface area contributed by atoms with E-state index in [1.807, 2.05) is 19.1 Å². The maximum Gasteiger partial charge on any atom is 0.356 e. The second kappa shape index (κ2) is 3.94. The number of aromatic nitrogens is 2. The van der Waals surface area contributed by atoms with Gasteiger partial charge in [-0.3, -0.25) is 4.40 Å².